The summed E-state index contributed by atoms with van der Waals surface area (Å²) in [7, 11) is -3.52. The highest BCUT2D eigenvalue weighted by molar-refractivity contribution is 7.90. The second kappa shape index (κ2) is 8.77. The molecule has 3 rings (SSSR count). The summed E-state index contributed by atoms with van der Waals surface area (Å²) >= 11 is 0. The van der Waals surface area contributed by atoms with E-state index >= 15 is 0 Å². The smallest absolute Gasteiger partial charge is 0.410 e. The molecule has 1 aromatic carbocycles. The van der Waals surface area contributed by atoms with Crippen molar-refractivity contribution in [2.75, 3.05) is 31.2 Å². The summed E-state index contributed by atoms with van der Waals surface area (Å²) in [6, 6.07) is 2.99. The molecular weight excluding hydrogens is 449 g/mol. The number of hydrogen-bond donors (Lipinski definition) is 1. The van der Waals surface area contributed by atoms with Gasteiger partial charge in [0.1, 0.15) is 17.5 Å². The second-order valence-corrected chi connectivity index (χ2v) is 12.6. The first-order chi connectivity index (χ1) is 15.1. The number of carbonyl (C=O) groups is 2. The third-order valence-corrected chi connectivity index (χ3v) is 7.25. The molecule has 33 heavy (non-hydrogen) atoms. The Labute approximate surface area is 195 Å². The van der Waals surface area contributed by atoms with Crippen LogP contribution in [0.25, 0.3) is 0 Å². The minimum absolute atomic E-state index is 0.0621. The van der Waals surface area contributed by atoms with E-state index in [1.807, 2.05) is 39.5 Å². The van der Waals surface area contributed by atoms with E-state index in [-0.39, 0.29) is 34.0 Å². The van der Waals surface area contributed by atoms with Crippen LogP contribution < -0.4 is 5.32 Å². The number of nitrogens with zero attached hydrogens (tertiary/aromatic N) is 2. The summed E-state index contributed by atoms with van der Waals surface area (Å²) in [5.41, 5.74) is -0.819. The van der Waals surface area contributed by atoms with Gasteiger partial charge in [0.25, 0.3) is 0 Å². The zero-order valence-electron chi connectivity index (χ0n) is 20.1. The first kappa shape index (κ1) is 25.3. The van der Waals surface area contributed by atoms with Crippen LogP contribution in [-0.2, 0) is 19.4 Å². The standard InChI is InChI=1S/C23H34FN3O5S/c1-22(2,3)32-21(29)26-11-10-19(23(4,5)14-26)27-12-9-18(20(27)28)25-17-8-7-15(13-16(17)24)33(6,30)31/h7-8,13,18-19,25H,9-12,14H2,1-6H3. The van der Waals surface area contributed by atoms with Crippen molar-refractivity contribution in [1.82, 2.24) is 9.80 Å². The normalized spacial score (nSPS) is 23.5. The highest BCUT2D eigenvalue weighted by atomic mass is 32.2. The van der Waals surface area contributed by atoms with Crippen molar-refractivity contribution in [2.45, 2.75) is 70.0 Å². The topological polar surface area (TPSA) is 96.0 Å². The Balaban J connectivity index is 1.67. The van der Waals surface area contributed by atoms with E-state index < -0.39 is 27.3 Å². The summed E-state index contributed by atoms with van der Waals surface area (Å²) in [5, 5.41) is 2.94. The number of anilines is 1. The Morgan fingerprint density at radius 1 is 1.21 bits per heavy atom. The zero-order valence-corrected chi connectivity index (χ0v) is 21.0. The van der Waals surface area contributed by atoms with Gasteiger partial charge in [0, 0.05) is 37.3 Å². The zero-order chi connectivity index (χ0) is 24.8. The van der Waals surface area contributed by atoms with Gasteiger partial charge in [-0.3, -0.25) is 4.79 Å². The Morgan fingerprint density at radius 2 is 1.88 bits per heavy atom. The van der Waals surface area contributed by atoms with Crippen LogP contribution in [-0.4, -0.2) is 73.8 Å². The molecule has 10 heteroatoms. The van der Waals surface area contributed by atoms with Crippen LogP contribution >= 0.6 is 0 Å². The maximum atomic E-state index is 14.5. The number of sulfone groups is 1. The van der Waals surface area contributed by atoms with Gasteiger partial charge in [-0.25, -0.2) is 17.6 Å². The molecule has 2 atom stereocenters. The summed E-state index contributed by atoms with van der Waals surface area (Å²) < 4.78 is 43.2. The van der Waals surface area contributed by atoms with E-state index in [0.29, 0.717) is 32.5 Å². The van der Waals surface area contributed by atoms with E-state index in [0.717, 1.165) is 12.3 Å². The van der Waals surface area contributed by atoms with Gasteiger partial charge in [0.05, 0.1) is 10.6 Å². The third-order valence-electron chi connectivity index (χ3n) is 6.14. The Kier molecular flexibility index (Phi) is 6.72. The lowest BCUT2D eigenvalue weighted by Gasteiger charge is -2.47. The summed E-state index contributed by atoms with van der Waals surface area (Å²) in [6.45, 7) is 11.0. The summed E-state index contributed by atoms with van der Waals surface area (Å²) in [6.07, 6.45) is 1.80. The van der Waals surface area contributed by atoms with Crippen LogP contribution in [0.2, 0.25) is 0 Å². The Morgan fingerprint density at radius 3 is 2.42 bits per heavy atom. The molecule has 2 amide bonds. The van der Waals surface area contributed by atoms with Gasteiger partial charge in [-0.15, -0.1) is 0 Å². The van der Waals surface area contributed by atoms with Crippen molar-refractivity contribution in [3.8, 4) is 0 Å². The van der Waals surface area contributed by atoms with E-state index in [1.54, 1.807) is 4.90 Å². The average molecular weight is 484 g/mol. The first-order valence-corrected chi connectivity index (χ1v) is 13.0. The van der Waals surface area contributed by atoms with Crippen LogP contribution in [0.15, 0.2) is 23.1 Å². The molecule has 8 nitrogen and oxygen atoms in total. The minimum atomic E-state index is -3.52. The molecule has 184 valence electrons. The van der Waals surface area contributed by atoms with Crippen LogP contribution in [0.3, 0.4) is 0 Å². The predicted molar refractivity (Wildman–Crippen MR) is 123 cm³/mol. The molecule has 0 spiro atoms. The molecule has 2 fully saturated rings. The van der Waals surface area contributed by atoms with Gasteiger partial charge >= 0.3 is 6.09 Å². The van der Waals surface area contributed by atoms with Crippen LogP contribution in [0.5, 0.6) is 0 Å². The number of carbonyl (C=O) groups excluding carboxylic acids is 2. The maximum absolute atomic E-state index is 14.5. The monoisotopic (exact) mass is 483 g/mol. The number of halogens is 1. The van der Waals surface area contributed by atoms with Crippen molar-refractivity contribution in [1.29, 1.82) is 0 Å². The fraction of sp³-hybridized carbons (Fsp3) is 0.652. The molecule has 2 saturated heterocycles. The highest BCUT2D eigenvalue weighted by Crippen LogP contribution is 2.36. The van der Waals surface area contributed by atoms with Gasteiger partial charge in [0.15, 0.2) is 9.84 Å². The number of piperidine rings is 1. The Hall–Kier alpha value is -2.36. The van der Waals surface area contributed by atoms with Gasteiger partial charge in [-0.2, -0.15) is 0 Å². The van der Waals surface area contributed by atoms with E-state index in [1.165, 1.54) is 12.1 Å². The molecule has 2 heterocycles. The molecule has 1 aromatic rings. The fourth-order valence-corrected chi connectivity index (χ4v) is 5.21. The minimum Gasteiger partial charge on any atom is -0.444 e. The molecule has 2 aliphatic heterocycles. The Bertz CT molecular complexity index is 1040. The fourth-order valence-electron chi connectivity index (χ4n) is 4.58. The summed E-state index contributed by atoms with van der Waals surface area (Å²) in [5.74, 6) is -0.833. The molecule has 0 aromatic heterocycles. The van der Waals surface area contributed by atoms with Gasteiger partial charge in [-0.05, 0) is 51.8 Å². The highest BCUT2D eigenvalue weighted by Gasteiger charge is 2.46. The largest absolute Gasteiger partial charge is 0.444 e. The number of ether oxygens (including phenoxy) is 1. The molecule has 0 bridgehead atoms. The lowest BCUT2D eigenvalue weighted by atomic mass is 9.78. The van der Waals surface area contributed by atoms with Crippen molar-refractivity contribution in [3.63, 3.8) is 0 Å². The number of rotatable bonds is 4. The second-order valence-electron chi connectivity index (χ2n) is 10.6. The maximum Gasteiger partial charge on any atom is 0.410 e. The number of nitrogens with one attached hydrogen (secondary N) is 1. The quantitative estimate of drug-likeness (QED) is 0.706. The van der Waals surface area contributed by atoms with E-state index in [9.17, 15) is 22.4 Å². The number of likely N-dealkylation sites (tertiary alicyclic amines) is 2. The molecular formula is C23H34FN3O5S. The third kappa shape index (κ3) is 5.77. The van der Waals surface area contributed by atoms with Crippen molar-refractivity contribution < 1.29 is 27.1 Å². The molecule has 2 aliphatic rings. The lowest BCUT2D eigenvalue weighted by Crippen LogP contribution is -2.58. The van der Waals surface area contributed by atoms with Gasteiger partial charge < -0.3 is 19.9 Å². The molecule has 2 unspecified atom stereocenters. The predicted octanol–water partition coefficient (Wildman–Crippen LogP) is 3.28. The summed E-state index contributed by atoms with van der Waals surface area (Å²) in [4.78, 5) is 29.1. The van der Waals surface area contributed by atoms with E-state index in [4.69, 9.17) is 4.74 Å². The molecule has 0 aliphatic carbocycles. The van der Waals surface area contributed by atoms with Crippen molar-refractivity contribution in [3.05, 3.63) is 24.0 Å². The first-order valence-electron chi connectivity index (χ1n) is 11.1. The molecule has 1 N–H and O–H groups in total. The molecule has 0 radical (unpaired) electrons. The lowest BCUT2D eigenvalue weighted by molar-refractivity contribution is -0.134. The van der Waals surface area contributed by atoms with Crippen molar-refractivity contribution in [2.24, 2.45) is 5.41 Å². The van der Waals surface area contributed by atoms with Crippen LogP contribution in [0.4, 0.5) is 14.9 Å². The average Bonchev–Trinajstić information content (AvgIpc) is 3.00. The number of benzene rings is 1. The van der Waals surface area contributed by atoms with Crippen molar-refractivity contribution >= 4 is 27.5 Å². The van der Waals surface area contributed by atoms with E-state index in [2.05, 4.69) is 5.32 Å². The number of amides is 2. The van der Waals surface area contributed by atoms with Gasteiger partial charge in [0.2, 0.25) is 5.91 Å². The molecule has 0 saturated carbocycles. The SMILES string of the molecule is CC(C)(C)OC(=O)N1CCC(N2CCC(Nc3ccc(S(C)(=O)=O)cc3F)C2=O)C(C)(C)C1. The number of hydrogen-bond acceptors (Lipinski definition) is 6. The van der Waals surface area contributed by atoms with Crippen LogP contribution in [0.1, 0.15) is 47.5 Å². The van der Waals surface area contributed by atoms with Gasteiger partial charge in [-0.1, -0.05) is 13.8 Å². The van der Waals surface area contributed by atoms with Crippen LogP contribution in [0, 0.1) is 11.2 Å².